The number of hydrogen-bond donors (Lipinski definition) is 2. The molecule has 0 unspecified atom stereocenters. The summed E-state index contributed by atoms with van der Waals surface area (Å²) in [5.74, 6) is 0.938. The van der Waals surface area contributed by atoms with Gasteiger partial charge in [0.1, 0.15) is 11.5 Å². The molecule has 4 aromatic rings. The first kappa shape index (κ1) is 24.7. The molecule has 0 bridgehead atoms. The van der Waals surface area contributed by atoms with Gasteiger partial charge in [-0.2, -0.15) is 0 Å². The number of nitrogens with one attached hydrogen (secondary N) is 2. The number of H-pyrrole nitrogens is 1. The van der Waals surface area contributed by atoms with Crippen LogP contribution in [0.2, 0.25) is 5.02 Å². The van der Waals surface area contributed by atoms with E-state index < -0.39 is 11.4 Å². The van der Waals surface area contributed by atoms with Gasteiger partial charge in [-0.3, -0.25) is 14.3 Å². The number of aromatic amines is 1. The Bertz CT molecular complexity index is 1570. The summed E-state index contributed by atoms with van der Waals surface area (Å²) in [5.41, 5.74) is 1.10. The summed E-state index contributed by atoms with van der Waals surface area (Å²) < 4.78 is 8.39. The number of amides is 1. The minimum atomic E-state index is -0.535. The third-order valence-electron chi connectivity index (χ3n) is 5.21. The average Bonchev–Trinajstić information content (AvgIpc) is 2.84. The second kappa shape index (κ2) is 10.9. The minimum Gasteiger partial charge on any atom is -0.457 e. The molecule has 3 aromatic carbocycles. The molecule has 0 atom stereocenters. The second-order valence-corrected chi connectivity index (χ2v) is 8.35. The fraction of sp³-hybridized carbons (Fsp3) is 0.154. The van der Waals surface area contributed by atoms with Crippen molar-refractivity contribution in [1.82, 2.24) is 14.1 Å². The van der Waals surface area contributed by atoms with E-state index in [4.69, 9.17) is 16.3 Å². The van der Waals surface area contributed by atoms with Crippen LogP contribution in [0.5, 0.6) is 11.5 Å². The Morgan fingerprint density at radius 2 is 1.72 bits per heavy atom. The van der Waals surface area contributed by atoms with E-state index in [0.717, 1.165) is 10.1 Å². The normalized spacial score (nSPS) is 11.4. The van der Waals surface area contributed by atoms with E-state index in [1.165, 1.54) is 11.5 Å². The van der Waals surface area contributed by atoms with Crippen LogP contribution in [0.4, 0.5) is 11.4 Å². The number of aromatic nitrogens is 3. The summed E-state index contributed by atoms with van der Waals surface area (Å²) in [7, 11) is 0. The molecular weight excluding hydrogens is 482 g/mol. The highest BCUT2D eigenvalue weighted by atomic mass is 35.5. The summed E-state index contributed by atoms with van der Waals surface area (Å²) in [6.07, 6.45) is 0. The molecule has 9 nitrogen and oxygen atoms in total. The molecule has 0 saturated heterocycles. The van der Waals surface area contributed by atoms with Gasteiger partial charge in [0.05, 0.1) is 12.2 Å². The monoisotopic (exact) mass is 505 g/mol. The topological polar surface area (TPSA) is 110 Å². The quantitative estimate of drug-likeness (QED) is 0.395. The average molecular weight is 506 g/mol. The molecule has 36 heavy (non-hydrogen) atoms. The fourth-order valence-electron chi connectivity index (χ4n) is 3.52. The van der Waals surface area contributed by atoms with E-state index in [1.807, 2.05) is 12.1 Å². The van der Waals surface area contributed by atoms with E-state index >= 15 is 0 Å². The van der Waals surface area contributed by atoms with Crippen molar-refractivity contribution < 1.29 is 9.53 Å². The van der Waals surface area contributed by atoms with Gasteiger partial charge < -0.3 is 10.1 Å². The van der Waals surface area contributed by atoms with Crippen LogP contribution < -0.4 is 27.1 Å². The SMILES string of the molecule is CCn1c(=O)[nH]/c(=N\c2ccc(Oc3cccc(NC(C)=O)c3)cc2)n(Cc2ccc(Cl)cc2)c1=O. The van der Waals surface area contributed by atoms with Crippen molar-refractivity contribution in [2.75, 3.05) is 5.32 Å². The van der Waals surface area contributed by atoms with Gasteiger partial charge in [-0.15, -0.1) is 0 Å². The number of hydrogen-bond acceptors (Lipinski definition) is 5. The van der Waals surface area contributed by atoms with Crippen LogP contribution >= 0.6 is 11.6 Å². The number of benzene rings is 3. The van der Waals surface area contributed by atoms with Crippen molar-refractivity contribution in [2.45, 2.75) is 26.9 Å². The molecule has 1 aromatic heterocycles. The highest BCUT2D eigenvalue weighted by Crippen LogP contribution is 2.26. The van der Waals surface area contributed by atoms with Crippen LogP contribution in [0.3, 0.4) is 0 Å². The molecule has 2 N–H and O–H groups in total. The van der Waals surface area contributed by atoms with Crippen LogP contribution in [0, 0.1) is 0 Å². The highest BCUT2D eigenvalue weighted by molar-refractivity contribution is 6.30. The lowest BCUT2D eigenvalue weighted by atomic mass is 10.2. The lowest BCUT2D eigenvalue weighted by Gasteiger charge is -2.10. The van der Waals surface area contributed by atoms with Crippen LogP contribution in [0.25, 0.3) is 0 Å². The molecule has 10 heteroatoms. The molecule has 0 aliphatic rings. The Balaban J connectivity index is 1.65. The zero-order valence-electron chi connectivity index (χ0n) is 19.7. The van der Waals surface area contributed by atoms with Crippen molar-refractivity contribution in [3.8, 4) is 11.5 Å². The van der Waals surface area contributed by atoms with Crippen LogP contribution in [0.15, 0.2) is 87.4 Å². The van der Waals surface area contributed by atoms with Gasteiger partial charge in [0.15, 0.2) is 0 Å². The number of carbonyl (C=O) groups excluding carboxylic acids is 1. The molecule has 0 aliphatic carbocycles. The number of rotatable bonds is 7. The fourth-order valence-corrected chi connectivity index (χ4v) is 3.65. The standard InChI is InChI=1S/C26H24ClN5O4/c1-3-31-25(34)30-24(32(26(31)35)16-18-7-9-19(27)10-8-18)29-20-11-13-22(14-12-20)36-23-6-4-5-21(15-23)28-17(2)33/h4-15H,3,16H2,1-2H3,(H,28,33)(H,29,30,34). The van der Waals surface area contributed by atoms with Gasteiger partial charge in [-0.05, 0) is 61.0 Å². The highest BCUT2D eigenvalue weighted by Gasteiger charge is 2.09. The Hall–Kier alpha value is -4.37. The number of carbonyl (C=O) groups is 1. The van der Waals surface area contributed by atoms with Crippen molar-refractivity contribution in [2.24, 2.45) is 4.99 Å². The zero-order chi connectivity index (χ0) is 25.7. The van der Waals surface area contributed by atoms with Gasteiger partial charge in [0.25, 0.3) is 0 Å². The van der Waals surface area contributed by atoms with Crippen LogP contribution in [0.1, 0.15) is 19.4 Å². The molecule has 0 radical (unpaired) electrons. The first-order valence-electron chi connectivity index (χ1n) is 11.2. The van der Waals surface area contributed by atoms with Gasteiger partial charge in [-0.25, -0.2) is 19.1 Å². The predicted molar refractivity (Wildman–Crippen MR) is 138 cm³/mol. The summed E-state index contributed by atoms with van der Waals surface area (Å²) in [6, 6.07) is 21.0. The third-order valence-corrected chi connectivity index (χ3v) is 5.47. The van der Waals surface area contributed by atoms with Crippen molar-refractivity contribution in [3.05, 3.63) is 110 Å². The molecule has 0 fully saturated rings. The maximum atomic E-state index is 13.0. The van der Waals surface area contributed by atoms with E-state index in [1.54, 1.807) is 67.6 Å². The number of halogens is 1. The minimum absolute atomic E-state index is 0.126. The van der Waals surface area contributed by atoms with Crippen molar-refractivity contribution >= 4 is 28.9 Å². The van der Waals surface area contributed by atoms with Gasteiger partial charge >= 0.3 is 11.4 Å². The Kier molecular flexibility index (Phi) is 7.50. The molecule has 4 rings (SSSR count). The Morgan fingerprint density at radius 3 is 2.39 bits per heavy atom. The maximum absolute atomic E-state index is 13.0. The molecule has 1 heterocycles. The maximum Gasteiger partial charge on any atom is 0.335 e. The number of anilines is 1. The molecule has 184 valence electrons. The third kappa shape index (κ3) is 6.00. The molecule has 1 amide bonds. The summed E-state index contributed by atoms with van der Waals surface area (Å²) >= 11 is 5.98. The van der Waals surface area contributed by atoms with E-state index in [9.17, 15) is 14.4 Å². The number of nitrogens with zero attached hydrogens (tertiary/aromatic N) is 3. The largest absolute Gasteiger partial charge is 0.457 e. The van der Waals surface area contributed by atoms with Gasteiger partial charge in [0, 0.05) is 30.2 Å². The summed E-state index contributed by atoms with van der Waals surface area (Å²) in [4.78, 5) is 44.0. The molecule has 0 aliphatic heterocycles. The summed E-state index contributed by atoms with van der Waals surface area (Å²) in [5, 5.41) is 3.30. The molecular formula is C26H24ClN5O4. The first-order valence-corrected chi connectivity index (χ1v) is 11.6. The van der Waals surface area contributed by atoms with Gasteiger partial charge in [-0.1, -0.05) is 29.8 Å². The molecule has 0 spiro atoms. The van der Waals surface area contributed by atoms with Crippen LogP contribution in [-0.2, 0) is 17.9 Å². The summed E-state index contributed by atoms with van der Waals surface area (Å²) in [6.45, 7) is 3.60. The lowest BCUT2D eigenvalue weighted by Crippen LogP contribution is -2.49. The lowest BCUT2D eigenvalue weighted by molar-refractivity contribution is -0.114. The molecule has 0 saturated carbocycles. The number of ether oxygens (including phenoxy) is 1. The zero-order valence-corrected chi connectivity index (χ0v) is 20.5. The smallest absolute Gasteiger partial charge is 0.335 e. The first-order chi connectivity index (χ1) is 17.3. The Labute approximate surface area is 211 Å². The predicted octanol–water partition coefficient (Wildman–Crippen LogP) is 4.04. The van der Waals surface area contributed by atoms with Crippen molar-refractivity contribution in [1.29, 1.82) is 0 Å². The van der Waals surface area contributed by atoms with Crippen molar-refractivity contribution in [3.63, 3.8) is 0 Å². The van der Waals surface area contributed by atoms with Gasteiger partial charge in [0.2, 0.25) is 11.5 Å². The second-order valence-electron chi connectivity index (χ2n) is 7.91. The Morgan fingerprint density at radius 1 is 1.00 bits per heavy atom. The van der Waals surface area contributed by atoms with E-state index in [-0.39, 0.29) is 24.6 Å². The van der Waals surface area contributed by atoms with E-state index in [2.05, 4.69) is 15.3 Å². The van der Waals surface area contributed by atoms with Crippen LogP contribution in [-0.4, -0.2) is 20.0 Å². The van der Waals surface area contributed by atoms with E-state index in [0.29, 0.717) is 27.9 Å².